The van der Waals surface area contributed by atoms with Gasteiger partial charge < -0.3 is 10.6 Å². The largest absolute Gasteiger partial charge is 0.471 e. The highest BCUT2D eigenvalue weighted by Crippen LogP contribution is 2.18. The highest BCUT2D eigenvalue weighted by molar-refractivity contribution is 7.00. The quantitative estimate of drug-likeness (QED) is 0.884. The number of hydrogen-bond donors (Lipinski definition) is 2. The summed E-state index contributed by atoms with van der Waals surface area (Å²) in [6.45, 7) is 2.45. The molecule has 1 aromatic carbocycles. The minimum absolute atomic E-state index is 0.0624. The van der Waals surface area contributed by atoms with Gasteiger partial charge in [0.1, 0.15) is 16.6 Å². The second kappa shape index (κ2) is 6.11. The zero-order valence-electron chi connectivity index (χ0n) is 12.2. The van der Waals surface area contributed by atoms with Crippen molar-refractivity contribution in [2.24, 2.45) is 0 Å². The van der Waals surface area contributed by atoms with E-state index in [-0.39, 0.29) is 6.54 Å². The molecule has 2 N–H and O–H groups in total. The van der Waals surface area contributed by atoms with Crippen LogP contribution in [0.4, 0.5) is 13.2 Å². The number of benzene rings is 1. The van der Waals surface area contributed by atoms with Crippen LogP contribution in [0.2, 0.25) is 0 Å². The molecule has 6 nitrogen and oxygen atoms in total. The Morgan fingerprint density at radius 3 is 2.52 bits per heavy atom. The molecule has 1 aromatic heterocycles. The molecule has 0 aliphatic heterocycles. The third kappa shape index (κ3) is 3.95. The van der Waals surface area contributed by atoms with E-state index in [2.05, 4.69) is 14.1 Å². The maximum atomic E-state index is 12.3. The Balaban J connectivity index is 2.04. The Morgan fingerprint density at radius 1 is 1.17 bits per heavy atom. The standard InChI is InChI=1S/C13H13F3N4O2S/c1-12(2,18-11(22)13(14,15)16)10(21)17-6-7-4-3-5-8-9(7)20-23-19-8/h3-5H,6H2,1-2H3,(H,17,21)(H,18,22). The second-order valence-electron chi connectivity index (χ2n) is 5.31. The van der Waals surface area contributed by atoms with Crippen LogP contribution in [0.25, 0.3) is 11.0 Å². The van der Waals surface area contributed by atoms with Crippen molar-refractivity contribution in [2.45, 2.75) is 32.1 Å². The Labute approximate surface area is 133 Å². The number of nitrogens with one attached hydrogen (secondary N) is 2. The van der Waals surface area contributed by atoms with Gasteiger partial charge in [-0.15, -0.1) is 0 Å². The SMILES string of the molecule is CC(C)(NC(=O)C(F)(F)F)C(=O)NCc1cccc2nsnc12. The topological polar surface area (TPSA) is 84.0 Å². The molecule has 0 unspecified atom stereocenters. The summed E-state index contributed by atoms with van der Waals surface area (Å²) in [5, 5.41) is 4.16. The van der Waals surface area contributed by atoms with Crippen LogP contribution in [-0.4, -0.2) is 32.3 Å². The molecular formula is C13H13F3N4O2S. The summed E-state index contributed by atoms with van der Waals surface area (Å²) < 4.78 is 45.0. The van der Waals surface area contributed by atoms with Crippen LogP contribution in [0, 0.1) is 0 Å². The number of fused-ring (bicyclic) bond motifs is 1. The molecule has 0 saturated heterocycles. The molecule has 0 radical (unpaired) electrons. The molecule has 2 rings (SSSR count). The van der Waals surface area contributed by atoms with Crippen molar-refractivity contribution in [1.29, 1.82) is 0 Å². The normalized spacial score (nSPS) is 12.2. The fourth-order valence-corrected chi connectivity index (χ4v) is 2.38. The molecule has 124 valence electrons. The number of amides is 2. The van der Waals surface area contributed by atoms with Crippen molar-refractivity contribution in [3.63, 3.8) is 0 Å². The second-order valence-corrected chi connectivity index (χ2v) is 5.84. The minimum Gasteiger partial charge on any atom is -0.350 e. The van der Waals surface area contributed by atoms with Crippen LogP contribution < -0.4 is 10.6 Å². The highest BCUT2D eigenvalue weighted by Gasteiger charge is 2.43. The number of carbonyl (C=O) groups is 2. The van der Waals surface area contributed by atoms with Crippen LogP contribution in [0.5, 0.6) is 0 Å². The number of halogens is 3. The lowest BCUT2D eigenvalue weighted by Crippen LogP contribution is -2.57. The molecule has 0 atom stereocenters. The average molecular weight is 346 g/mol. The molecule has 0 aliphatic rings. The molecule has 2 aromatic rings. The van der Waals surface area contributed by atoms with Crippen LogP contribution >= 0.6 is 11.7 Å². The van der Waals surface area contributed by atoms with E-state index in [4.69, 9.17) is 0 Å². The number of hydrogen-bond acceptors (Lipinski definition) is 5. The van der Waals surface area contributed by atoms with E-state index in [0.717, 1.165) is 11.7 Å². The zero-order valence-corrected chi connectivity index (χ0v) is 13.0. The van der Waals surface area contributed by atoms with Gasteiger partial charge in [-0.25, -0.2) is 0 Å². The predicted octanol–water partition coefficient (Wildman–Crippen LogP) is 1.76. The van der Waals surface area contributed by atoms with Crippen LogP contribution in [0.3, 0.4) is 0 Å². The van der Waals surface area contributed by atoms with Gasteiger partial charge in [-0.3, -0.25) is 9.59 Å². The number of rotatable bonds is 4. The Hall–Kier alpha value is -2.23. The van der Waals surface area contributed by atoms with Gasteiger partial charge in [-0.1, -0.05) is 12.1 Å². The van der Waals surface area contributed by atoms with E-state index < -0.39 is 23.5 Å². The van der Waals surface area contributed by atoms with E-state index >= 15 is 0 Å². The molecule has 0 bridgehead atoms. The molecule has 2 amide bonds. The number of carbonyl (C=O) groups excluding carboxylic acids is 2. The first-order valence-electron chi connectivity index (χ1n) is 6.49. The summed E-state index contributed by atoms with van der Waals surface area (Å²) in [4.78, 5) is 23.0. The Morgan fingerprint density at radius 2 is 1.87 bits per heavy atom. The third-order valence-electron chi connectivity index (χ3n) is 3.06. The molecule has 10 heteroatoms. The summed E-state index contributed by atoms with van der Waals surface area (Å²) in [6.07, 6.45) is -5.05. The summed E-state index contributed by atoms with van der Waals surface area (Å²) in [6, 6.07) is 5.23. The van der Waals surface area contributed by atoms with Crippen molar-refractivity contribution in [1.82, 2.24) is 19.4 Å². The van der Waals surface area contributed by atoms with Crippen molar-refractivity contribution in [3.8, 4) is 0 Å². The Bertz CT molecular complexity index is 742. The lowest BCUT2D eigenvalue weighted by Gasteiger charge is -2.25. The van der Waals surface area contributed by atoms with Gasteiger partial charge in [0.25, 0.3) is 0 Å². The fourth-order valence-electron chi connectivity index (χ4n) is 1.81. The molecule has 0 spiro atoms. The molecule has 0 aliphatic carbocycles. The van der Waals surface area contributed by atoms with Crippen molar-refractivity contribution in [3.05, 3.63) is 23.8 Å². The van der Waals surface area contributed by atoms with Crippen molar-refractivity contribution in [2.75, 3.05) is 0 Å². The van der Waals surface area contributed by atoms with E-state index in [1.165, 1.54) is 13.8 Å². The average Bonchev–Trinajstić information content (AvgIpc) is 2.92. The van der Waals surface area contributed by atoms with Crippen molar-refractivity contribution >= 4 is 34.6 Å². The van der Waals surface area contributed by atoms with Gasteiger partial charge in [0.05, 0.1) is 11.7 Å². The first kappa shape index (κ1) is 17.1. The number of alkyl halides is 3. The lowest BCUT2D eigenvalue weighted by molar-refractivity contribution is -0.176. The van der Waals surface area contributed by atoms with E-state index in [9.17, 15) is 22.8 Å². The smallest absolute Gasteiger partial charge is 0.350 e. The minimum atomic E-state index is -5.05. The van der Waals surface area contributed by atoms with Gasteiger partial charge in [-0.05, 0) is 19.9 Å². The summed E-state index contributed by atoms with van der Waals surface area (Å²) in [5.74, 6) is -2.90. The lowest BCUT2D eigenvalue weighted by atomic mass is 10.0. The number of nitrogens with zero attached hydrogens (tertiary/aromatic N) is 2. The van der Waals surface area contributed by atoms with Gasteiger partial charge in [0, 0.05) is 12.1 Å². The molecule has 0 saturated carbocycles. The first-order valence-corrected chi connectivity index (χ1v) is 7.22. The van der Waals surface area contributed by atoms with Crippen LogP contribution in [0.1, 0.15) is 19.4 Å². The van der Waals surface area contributed by atoms with E-state index in [1.807, 2.05) is 0 Å². The maximum absolute atomic E-state index is 12.3. The Kier molecular flexibility index (Phi) is 4.55. The van der Waals surface area contributed by atoms with E-state index in [1.54, 1.807) is 23.5 Å². The third-order valence-corrected chi connectivity index (χ3v) is 3.60. The van der Waals surface area contributed by atoms with Crippen LogP contribution in [-0.2, 0) is 16.1 Å². The molecule has 23 heavy (non-hydrogen) atoms. The number of aromatic nitrogens is 2. The highest BCUT2D eigenvalue weighted by atomic mass is 32.1. The van der Waals surface area contributed by atoms with Crippen LogP contribution in [0.15, 0.2) is 18.2 Å². The molecule has 0 fully saturated rings. The summed E-state index contributed by atoms with van der Waals surface area (Å²) >= 11 is 1.02. The van der Waals surface area contributed by atoms with Gasteiger partial charge >= 0.3 is 12.1 Å². The van der Waals surface area contributed by atoms with Gasteiger partial charge in [0.15, 0.2) is 0 Å². The first-order chi connectivity index (χ1) is 10.6. The monoisotopic (exact) mass is 346 g/mol. The fraction of sp³-hybridized carbons (Fsp3) is 0.385. The summed E-state index contributed by atoms with van der Waals surface area (Å²) in [7, 11) is 0. The van der Waals surface area contributed by atoms with Crippen molar-refractivity contribution < 1.29 is 22.8 Å². The predicted molar refractivity (Wildman–Crippen MR) is 77.5 cm³/mol. The molecular weight excluding hydrogens is 333 g/mol. The van der Waals surface area contributed by atoms with E-state index in [0.29, 0.717) is 16.6 Å². The van der Waals surface area contributed by atoms with Gasteiger partial charge in [0.2, 0.25) is 5.91 Å². The molecule has 1 heterocycles. The van der Waals surface area contributed by atoms with Gasteiger partial charge in [-0.2, -0.15) is 21.9 Å². The zero-order chi connectivity index (χ0) is 17.3. The maximum Gasteiger partial charge on any atom is 0.471 e. The summed E-state index contributed by atoms with van der Waals surface area (Å²) in [5.41, 5.74) is 0.268.